The van der Waals surface area contributed by atoms with Crippen LogP contribution in [-0.2, 0) is 0 Å². The van der Waals surface area contributed by atoms with Gasteiger partial charge in [0.2, 0.25) is 0 Å². The topological polar surface area (TPSA) is 57.5 Å². The van der Waals surface area contributed by atoms with Crippen molar-refractivity contribution < 1.29 is 23.8 Å². The van der Waals surface area contributed by atoms with Gasteiger partial charge in [0.05, 0.1) is 0 Å². The third-order valence-corrected chi connectivity index (χ3v) is 0.0476. The fourth-order valence-corrected chi connectivity index (χ4v) is 0. The molecule has 48 valence electrons. The second kappa shape index (κ2) is 9.30. The fraction of sp³-hybridized carbons (Fsp3) is 0. The number of rotatable bonds is 0. The van der Waals surface area contributed by atoms with Crippen molar-refractivity contribution in [1.29, 1.82) is 0 Å². The second-order valence-electron chi connectivity index (χ2n) is 0.535. The first-order valence-electron chi connectivity index (χ1n) is 1.42. The first kappa shape index (κ1) is 9.98. The van der Waals surface area contributed by atoms with Crippen molar-refractivity contribution in [3.05, 3.63) is 12.7 Å². The van der Waals surface area contributed by atoms with Crippen molar-refractivity contribution in [3.8, 4) is 0 Å². The highest BCUT2D eigenvalue weighted by Crippen LogP contribution is 1.67. The highest BCUT2D eigenvalue weighted by atomic mass is 19.2. The van der Waals surface area contributed by atoms with E-state index in [1.807, 2.05) is 0 Å². The normalized spacial score (nSPS) is 7.75. The van der Waals surface area contributed by atoms with Crippen LogP contribution in [0, 0.1) is 0 Å². The van der Waals surface area contributed by atoms with Crippen molar-refractivity contribution in [2.45, 2.75) is 0 Å². The molecule has 0 aliphatic carbocycles. The summed E-state index contributed by atoms with van der Waals surface area (Å²) in [4.78, 5) is 8.56. The summed E-state index contributed by atoms with van der Waals surface area (Å²) in [5.41, 5.74) is 0. The molecule has 0 saturated heterocycles. The lowest BCUT2D eigenvalue weighted by molar-refractivity contribution is 0.137. The number of carbonyl (C=O) groups is 1. The van der Waals surface area contributed by atoms with Crippen molar-refractivity contribution in [3.63, 3.8) is 0 Å². The van der Waals surface area contributed by atoms with Gasteiger partial charge < -0.3 is 10.2 Å². The predicted octanol–water partition coefficient (Wildman–Crippen LogP) is 1.62. The number of halogens is 2. The first-order valence-corrected chi connectivity index (χ1v) is 1.42. The number of carboxylic acid groups (broad SMARTS) is 2. The summed E-state index contributed by atoms with van der Waals surface area (Å²) in [5.74, 6) is 0. The lowest BCUT2D eigenvalue weighted by atomic mass is 11.2. The SMILES string of the molecule is F/C=C/F.O=C(O)O. The van der Waals surface area contributed by atoms with Crippen LogP contribution in [0.25, 0.3) is 0 Å². The summed E-state index contributed by atoms with van der Waals surface area (Å²) in [6.07, 6.45) is -2.17. The van der Waals surface area contributed by atoms with Crippen LogP contribution in [0.3, 0.4) is 0 Å². The maximum atomic E-state index is 10.2. The summed E-state index contributed by atoms with van der Waals surface area (Å²) >= 11 is 0. The Morgan fingerprint density at radius 3 is 1.38 bits per heavy atom. The predicted molar refractivity (Wildman–Crippen MR) is 22.0 cm³/mol. The molecule has 0 saturated carbocycles. The minimum Gasteiger partial charge on any atom is -0.450 e. The molecule has 0 rings (SSSR count). The molecule has 2 N–H and O–H groups in total. The van der Waals surface area contributed by atoms with Crippen LogP contribution >= 0.6 is 0 Å². The number of hydrogen-bond donors (Lipinski definition) is 2. The average Bonchev–Trinajstić information content (AvgIpc) is 1.65. The molecule has 0 aliphatic heterocycles. The highest BCUT2D eigenvalue weighted by molar-refractivity contribution is 5.53. The zero-order valence-electron chi connectivity index (χ0n) is 3.71. The first-order chi connectivity index (χ1) is 3.65. The molecule has 0 unspecified atom stereocenters. The quantitative estimate of drug-likeness (QED) is 0.518. The van der Waals surface area contributed by atoms with Gasteiger partial charge in [0.15, 0.2) is 0 Å². The zero-order valence-corrected chi connectivity index (χ0v) is 3.71. The van der Waals surface area contributed by atoms with E-state index in [1.165, 1.54) is 0 Å². The van der Waals surface area contributed by atoms with Crippen molar-refractivity contribution in [2.24, 2.45) is 0 Å². The molecule has 0 heterocycles. The van der Waals surface area contributed by atoms with Crippen molar-refractivity contribution >= 4 is 6.16 Å². The van der Waals surface area contributed by atoms with E-state index in [1.54, 1.807) is 0 Å². The molecule has 0 atom stereocenters. The molecule has 0 fully saturated rings. The molecule has 0 aromatic rings. The zero-order chi connectivity index (χ0) is 6.99. The number of hydrogen-bond acceptors (Lipinski definition) is 1. The van der Waals surface area contributed by atoms with Gasteiger partial charge in [-0.15, -0.1) is 0 Å². The van der Waals surface area contributed by atoms with Gasteiger partial charge >= 0.3 is 6.16 Å². The molecule has 0 radical (unpaired) electrons. The Morgan fingerprint density at radius 2 is 1.38 bits per heavy atom. The van der Waals surface area contributed by atoms with Crippen LogP contribution in [0.2, 0.25) is 0 Å². The van der Waals surface area contributed by atoms with Gasteiger partial charge in [-0.3, -0.25) is 0 Å². The maximum Gasteiger partial charge on any atom is 0.503 e. The van der Waals surface area contributed by atoms with Gasteiger partial charge in [0, 0.05) is 0 Å². The second-order valence-corrected chi connectivity index (χ2v) is 0.535. The lowest BCUT2D eigenvalue weighted by Crippen LogP contribution is -1.81. The summed E-state index contributed by atoms with van der Waals surface area (Å²) in [5, 5.41) is 13.9. The molecule has 5 heteroatoms. The minimum absolute atomic E-state index is 0.167. The third kappa shape index (κ3) is 4320. The Hall–Kier alpha value is -1.13. The van der Waals surface area contributed by atoms with Crippen LogP contribution in [0.15, 0.2) is 12.7 Å². The molecule has 8 heavy (non-hydrogen) atoms. The molecule has 3 nitrogen and oxygen atoms in total. The molecule has 0 amide bonds. The smallest absolute Gasteiger partial charge is 0.450 e. The van der Waals surface area contributed by atoms with E-state index >= 15 is 0 Å². The summed E-state index contributed by atoms with van der Waals surface area (Å²) in [6, 6.07) is 0. The van der Waals surface area contributed by atoms with E-state index in [0.717, 1.165) is 0 Å². The van der Waals surface area contributed by atoms with E-state index < -0.39 is 6.16 Å². The molecular formula is C3H4F2O3. The molecular weight excluding hydrogens is 122 g/mol. The summed E-state index contributed by atoms with van der Waals surface area (Å²) in [6.45, 7) is 0. The molecule has 0 aliphatic rings. The van der Waals surface area contributed by atoms with E-state index in [0.29, 0.717) is 0 Å². The van der Waals surface area contributed by atoms with Gasteiger partial charge in [-0.2, -0.15) is 0 Å². The van der Waals surface area contributed by atoms with E-state index in [4.69, 9.17) is 15.0 Å². The van der Waals surface area contributed by atoms with Crippen LogP contribution in [0.4, 0.5) is 13.6 Å². The molecule has 0 bridgehead atoms. The van der Waals surface area contributed by atoms with Crippen LogP contribution in [0.5, 0.6) is 0 Å². The van der Waals surface area contributed by atoms with Crippen molar-refractivity contribution in [1.82, 2.24) is 0 Å². The van der Waals surface area contributed by atoms with Crippen LogP contribution in [0.1, 0.15) is 0 Å². The monoisotopic (exact) mass is 126 g/mol. The Labute approximate surface area is 43.9 Å². The van der Waals surface area contributed by atoms with E-state index in [9.17, 15) is 8.78 Å². The van der Waals surface area contributed by atoms with E-state index in [-0.39, 0.29) is 12.7 Å². The third-order valence-electron chi connectivity index (χ3n) is 0.0476. The van der Waals surface area contributed by atoms with E-state index in [2.05, 4.69) is 0 Å². The molecule has 0 spiro atoms. The summed E-state index contributed by atoms with van der Waals surface area (Å²) < 4.78 is 20.3. The summed E-state index contributed by atoms with van der Waals surface area (Å²) in [7, 11) is 0. The fourth-order valence-electron chi connectivity index (χ4n) is 0. The average molecular weight is 126 g/mol. The van der Waals surface area contributed by atoms with Crippen LogP contribution in [-0.4, -0.2) is 16.4 Å². The Bertz CT molecular complexity index is 72.6. The minimum atomic E-state index is -1.83. The van der Waals surface area contributed by atoms with Gasteiger partial charge in [-0.25, -0.2) is 13.6 Å². The van der Waals surface area contributed by atoms with Gasteiger partial charge in [0.1, 0.15) is 12.7 Å². The Balaban J connectivity index is 0. The van der Waals surface area contributed by atoms with Gasteiger partial charge in [-0.05, 0) is 0 Å². The largest absolute Gasteiger partial charge is 0.503 e. The standard InChI is InChI=1S/C2H2F2.CH2O3/c3-1-2-4;2-1(3)4/h1-2H;(H2,2,3,4)/b2-1+;. The van der Waals surface area contributed by atoms with Crippen molar-refractivity contribution in [2.75, 3.05) is 0 Å². The lowest BCUT2D eigenvalue weighted by Gasteiger charge is -1.60. The highest BCUT2D eigenvalue weighted by Gasteiger charge is 1.70. The van der Waals surface area contributed by atoms with Gasteiger partial charge in [-0.1, -0.05) is 0 Å². The van der Waals surface area contributed by atoms with Crippen LogP contribution < -0.4 is 0 Å². The molecule has 0 aromatic carbocycles. The molecule has 0 aromatic heterocycles. The maximum absolute atomic E-state index is 10.2. The Morgan fingerprint density at radius 1 is 1.25 bits per heavy atom. The van der Waals surface area contributed by atoms with Gasteiger partial charge in [0.25, 0.3) is 0 Å². The Kier molecular flexibility index (Phi) is 11.6.